The van der Waals surface area contributed by atoms with Crippen molar-refractivity contribution >= 4 is 21.7 Å². The van der Waals surface area contributed by atoms with E-state index < -0.39 is 5.60 Å². The average molecular weight is 301 g/mol. The number of aliphatic hydroxyl groups excluding tert-OH is 1. The van der Waals surface area contributed by atoms with Crippen LogP contribution in [0.5, 0.6) is 0 Å². The van der Waals surface area contributed by atoms with E-state index in [0.717, 1.165) is 41.8 Å². The molecule has 2 heterocycles. The highest BCUT2D eigenvalue weighted by atomic mass is 79.9. The van der Waals surface area contributed by atoms with E-state index in [-0.39, 0.29) is 6.61 Å². The van der Waals surface area contributed by atoms with E-state index in [2.05, 4.69) is 25.8 Å². The van der Waals surface area contributed by atoms with E-state index >= 15 is 0 Å². The highest BCUT2D eigenvalue weighted by Gasteiger charge is 2.28. The number of anilines is 1. The van der Waals surface area contributed by atoms with Gasteiger partial charge >= 0.3 is 0 Å². The van der Waals surface area contributed by atoms with Gasteiger partial charge in [-0.15, -0.1) is 0 Å². The summed E-state index contributed by atoms with van der Waals surface area (Å²) >= 11 is 3.35. The summed E-state index contributed by atoms with van der Waals surface area (Å²) in [5.74, 6) is 0.825. The predicted molar refractivity (Wildman–Crippen MR) is 69.9 cm³/mol. The highest BCUT2D eigenvalue weighted by Crippen LogP contribution is 2.28. The number of pyridine rings is 1. The van der Waals surface area contributed by atoms with Crippen LogP contribution in [0.1, 0.15) is 25.3 Å². The normalized spacial score (nSPS) is 19.4. The Kier molecular flexibility index (Phi) is 3.70. The topological polar surface area (TPSA) is 56.6 Å². The molecule has 0 aliphatic carbocycles. The van der Waals surface area contributed by atoms with Crippen molar-refractivity contribution in [1.29, 1.82) is 0 Å². The Hall–Kier alpha value is -0.650. The van der Waals surface area contributed by atoms with E-state index in [1.165, 1.54) is 0 Å². The second-order valence-corrected chi connectivity index (χ2v) is 5.69. The third kappa shape index (κ3) is 2.97. The Morgan fingerprint density at radius 1 is 1.47 bits per heavy atom. The maximum Gasteiger partial charge on any atom is 0.134 e. The first kappa shape index (κ1) is 12.8. The zero-order chi connectivity index (χ0) is 12.5. The summed E-state index contributed by atoms with van der Waals surface area (Å²) in [7, 11) is 0. The molecule has 0 unspecified atom stereocenters. The van der Waals surface area contributed by atoms with Crippen LogP contribution < -0.4 is 4.90 Å². The molecule has 0 bridgehead atoms. The fourth-order valence-electron chi connectivity index (χ4n) is 2.08. The molecule has 0 radical (unpaired) electrons. The number of halogens is 1. The van der Waals surface area contributed by atoms with Gasteiger partial charge in [-0.2, -0.15) is 0 Å². The summed E-state index contributed by atoms with van der Waals surface area (Å²) in [6.07, 6.45) is 3.20. The van der Waals surface area contributed by atoms with E-state index in [1.54, 1.807) is 6.20 Å². The largest absolute Gasteiger partial charge is 0.392 e. The van der Waals surface area contributed by atoms with Gasteiger partial charge in [0.1, 0.15) is 5.82 Å². The lowest BCUT2D eigenvalue weighted by Crippen LogP contribution is -2.43. The number of piperidine rings is 1. The lowest BCUT2D eigenvalue weighted by molar-refractivity contribution is 0.0349. The molecule has 1 fully saturated rings. The van der Waals surface area contributed by atoms with Crippen molar-refractivity contribution in [3.63, 3.8) is 0 Å². The Bertz CT molecular complexity index is 399. The lowest BCUT2D eigenvalue weighted by Gasteiger charge is -2.37. The minimum atomic E-state index is -0.564. The van der Waals surface area contributed by atoms with Crippen LogP contribution in [0, 0.1) is 0 Å². The molecule has 0 amide bonds. The monoisotopic (exact) mass is 300 g/mol. The van der Waals surface area contributed by atoms with Crippen LogP contribution in [0.15, 0.2) is 16.7 Å². The van der Waals surface area contributed by atoms with Crippen molar-refractivity contribution in [2.45, 2.75) is 32.0 Å². The summed E-state index contributed by atoms with van der Waals surface area (Å²) in [5.41, 5.74) is 0.256. The molecular formula is C12H17BrN2O2. The number of aliphatic hydroxyl groups is 2. The number of rotatable bonds is 2. The first-order valence-electron chi connectivity index (χ1n) is 5.74. The molecule has 1 aliphatic heterocycles. The zero-order valence-electron chi connectivity index (χ0n) is 9.86. The molecule has 1 saturated heterocycles. The van der Waals surface area contributed by atoms with Crippen molar-refractivity contribution in [2.75, 3.05) is 18.0 Å². The molecule has 94 valence electrons. The maximum atomic E-state index is 9.91. The van der Waals surface area contributed by atoms with Gasteiger partial charge in [0.25, 0.3) is 0 Å². The molecule has 4 nitrogen and oxygen atoms in total. The Balaban J connectivity index is 2.18. The molecule has 0 aromatic carbocycles. The van der Waals surface area contributed by atoms with E-state index in [4.69, 9.17) is 0 Å². The van der Waals surface area contributed by atoms with Gasteiger partial charge in [0.15, 0.2) is 0 Å². The summed E-state index contributed by atoms with van der Waals surface area (Å²) in [6, 6.07) is 1.88. The Morgan fingerprint density at radius 2 is 2.12 bits per heavy atom. The third-order valence-corrected chi connectivity index (χ3v) is 3.65. The van der Waals surface area contributed by atoms with Crippen molar-refractivity contribution in [1.82, 2.24) is 4.98 Å². The minimum Gasteiger partial charge on any atom is -0.392 e. The molecule has 17 heavy (non-hydrogen) atoms. The van der Waals surface area contributed by atoms with Crippen molar-refractivity contribution < 1.29 is 10.2 Å². The fourth-order valence-corrected chi connectivity index (χ4v) is 2.45. The van der Waals surface area contributed by atoms with Gasteiger partial charge in [0.05, 0.1) is 12.2 Å². The third-order valence-electron chi connectivity index (χ3n) is 3.22. The summed E-state index contributed by atoms with van der Waals surface area (Å²) in [5, 5.41) is 19.2. The van der Waals surface area contributed by atoms with Crippen molar-refractivity contribution in [3.8, 4) is 0 Å². The van der Waals surface area contributed by atoms with Gasteiger partial charge < -0.3 is 15.1 Å². The first-order chi connectivity index (χ1) is 8.02. The lowest BCUT2D eigenvalue weighted by atomic mass is 9.93. The molecule has 0 atom stereocenters. The van der Waals surface area contributed by atoms with Crippen LogP contribution in [0.3, 0.4) is 0 Å². The highest BCUT2D eigenvalue weighted by molar-refractivity contribution is 9.10. The summed E-state index contributed by atoms with van der Waals surface area (Å²) < 4.78 is 0.870. The van der Waals surface area contributed by atoms with Gasteiger partial charge in [0, 0.05) is 29.3 Å². The van der Waals surface area contributed by atoms with Crippen LogP contribution in [0.4, 0.5) is 5.82 Å². The second kappa shape index (κ2) is 4.92. The molecule has 0 saturated carbocycles. The first-order valence-corrected chi connectivity index (χ1v) is 6.54. The molecule has 2 rings (SSSR count). The predicted octanol–water partition coefficient (Wildman–Crippen LogP) is 1.69. The molecule has 1 aliphatic rings. The van der Waals surface area contributed by atoms with Gasteiger partial charge in [-0.25, -0.2) is 4.98 Å². The Labute approximate surface area is 109 Å². The van der Waals surface area contributed by atoms with Gasteiger partial charge in [0.2, 0.25) is 0 Å². The number of hydrogen-bond donors (Lipinski definition) is 2. The number of nitrogens with zero attached hydrogens (tertiary/aromatic N) is 2. The van der Waals surface area contributed by atoms with Gasteiger partial charge in [-0.05, 0) is 41.8 Å². The van der Waals surface area contributed by atoms with E-state index in [9.17, 15) is 10.2 Å². The fraction of sp³-hybridized carbons (Fsp3) is 0.583. The molecule has 1 aromatic rings. The van der Waals surface area contributed by atoms with Crippen molar-refractivity contribution in [3.05, 3.63) is 22.3 Å². The van der Waals surface area contributed by atoms with Gasteiger partial charge in [-0.1, -0.05) is 0 Å². The standard InChI is InChI=1S/C12H17BrN2O2/c1-12(17)2-4-15(5-3-12)11-9(8-16)6-10(13)7-14-11/h6-7,16-17H,2-5,8H2,1H3. The zero-order valence-corrected chi connectivity index (χ0v) is 11.4. The van der Waals surface area contributed by atoms with E-state index in [1.807, 2.05) is 13.0 Å². The minimum absolute atomic E-state index is 0.0192. The molecule has 5 heteroatoms. The smallest absolute Gasteiger partial charge is 0.134 e. The van der Waals surface area contributed by atoms with Crippen LogP contribution in [0.2, 0.25) is 0 Å². The number of hydrogen-bond acceptors (Lipinski definition) is 4. The summed E-state index contributed by atoms with van der Waals surface area (Å²) in [4.78, 5) is 6.48. The van der Waals surface area contributed by atoms with Crippen LogP contribution in [0.25, 0.3) is 0 Å². The van der Waals surface area contributed by atoms with Crippen LogP contribution >= 0.6 is 15.9 Å². The van der Waals surface area contributed by atoms with E-state index in [0.29, 0.717) is 0 Å². The molecular weight excluding hydrogens is 284 g/mol. The average Bonchev–Trinajstić information content (AvgIpc) is 2.29. The second-order valence-electron chi connectivity index (χ2n) is 4.78. The SMILES string of the molecule is CC1(O)CCN(c2ncc(Br)cc2CO)CC1. The molecule has 2 N–H and O–H groups in total. The van der Waals surface area contributed by atoms with Crippen LogP contribution in [-0.4, -0.2) is 33.9 Å². The molecule has 0 spiro atoms. The summed E-state index contributed by atoms with van der Waals surface area (Å²) in [6.45, 7) is 3.39. The molecule has 1 aromatic heterocycles. The van der Waals surface area contributed by atoms with Gasteiger partial charge in [-0.3, -0.25) is 0 Å². The quantitative estimate of drug-likeness (QED) is 0.873. The number of aromatic nitrogens is 1. The maximum absolute atomic E-state index is 9.91. The Morgan fingerprint density at radius 3 is 2.71 bits per heavy atom. The van der Waals surface area contributed by atoms with Crippen molar-refractivity contribution in [2.24, 2.45) is 0 Å². The van der Waals surface area contributed by atoms with Crippen LogP contribution in [-0.2, 0) is 6.61 Å².